The molecule has 0 aromatic rings. The molecule has 0 aromatic carbocycles. The number of rotatable bonds is 8. The van der Waals surface area contributed by atoms with Gasteiger partial charge in [0.2, 0.25) is 9.05 Å². The van der Waals surface area contributed by atoms with E-state index in [1.54, 1.807) is 0 Å². The second-order valence-electron chi connectivity index (χ2n) is 6.07. The third-order valence-corrected chi connectivity index (χ3v) is 5.01. The van der Waals surface area contributed by atoms with Crippen molar-refractivity contribution < 1.29 is 13.2 Å². The van der Waals surface area contributed by atoms with Gasteiger partial charge in [0, 0.05) is 17.3 Å². The highest BCUT2D eigenvalue weighted by atomic mass is 35.7. The third-order valence-electron chi connectivity index (χ3n) is 3.77. The van der Waals surface area contributed by atoms with E-state index in [2.05, 4.69) is 13.8 Å². The van der Waals surface area contributed by atoms with Gasteiger partial charge in [-0.25, -0.2) is 8.42 Å². The first-order valence-corrected chi connectivity index (χ1v) is 9.88. The molecule has 1 fully saturated rings. The summed E-state index contributed by atoms with van der Waals surface area (Å²) in [5.41, 5.74) is 0. The SMILES string of the molecule is CC1CC(C)CC(OCCCCCCS(=O)(=O)Cl)C1. The molecule has 1 aliphatic carbocycles. The van der Waals surface area contributed by atoms with Crippen molar-refractivity contribution in [3.05, 3.63) is 0 Å². The Kier molecular flexibility index (Phi) is 7.70. The van der Waals surface area contributed by atoms with E-state index in [1.165, 1.54) is 19.3 Å². The quantitative estimate of drug-likeness (QED) is 0.503. The van der Waals surface area contributed by atoms with Crippen molar-refractivity contribution in [1.82, 2.24) is 0 Å². The van der Waals surface area contributed by atoms with Gasteiger partial charge in [0.25, 0.3) is 0 Å². The largest absolute Gasteiger partial charge is 0.378 e. The zero-order valence-electron chi connectivity index (χ0n) is 12.1. The van der Waals surface area contributed by atoms with Gasteiger partial charge in [-0.1, -0.05) is 26.7 Å². The Bertz CT molecular complexity index is 333. The highest BCUT2D eigenvalue weighted by molar-refractivity contribution is 8.13. The summed E-state index contributed by atoms with van der Waals surface area (Å²) in [5, 5.41) is 0. The highest BCUT2D eigenvalue weighted by Gasteiger charge is 2.23. The molecule has 1 saturated carbocycles. The molecule has 0 aliphatic heterocycles. The van der Waals surface area contributed by atoms with Crippen LogP contribution in [0.25, 0.3) is 0 Å². The van der Waals surface area contributed by atoms with E-state index in [1.807, 2.05) is 0 Å². The molecule has 0 bridgehead atoms. The van der Waals surface area contributed by atoms with Gasteiger partial charge >= 0.3 is 0 Å². The maximum Gasteiger partial charge on any atom is 0.232 e. The first-order chi connectivity index (χ1) is 8.87. The topological polar surface area (TPSA) is 43.4 Å². The maximum absolute atomic E-state index is 10.7. The predicted molar refractivity (Wildman–Crippen MR) is 80.0 cm³/mol. The summed E-state index contributed by atoms with van der Waals surface area (Å²) in [6.07, 6.45) is 7.74. The molecule has 0 saturated heterocycles. The molecule has 3 nitrogen and oxygen atoms in total. The second kappa shape index (κ2) is 8.48. The lowest BCUT2D eigenvalue weighted by molar-refractivity contribution is -0.000591. The van der Waals surface area contributed by atoms with Crippen molar-refractivity contribution in [2.75, 3.05) is 12.4 Å². The minimum atomic E-state index is -3.31. The van der Waals surface area contributed by atoms with Gasteiger partial charge in [0.1, 0.15) is 0 Å². The number of ether oxygens (including phenoxy) is 1. The van der Waals surface area contributed by atoms with Crippen LogP contribution in [0.5, 0.6) is 0 Å². The van der Waals surface area contributed by atoms with Crippen LogP contribution in [0, 0.1) is 11.8 Å². The number of hydrogen-bond acceptors (Lipinski definition) is 3. The molecule has 0 N–H and O–H groups in total. The van der Waals surface area contributed by atoms with Gasteiger partial charge in [-0.2, -0.15) is 0 Å². The van der Waals surface area contributed by atoms with Crippen LogP contribution in [-0.2, 0) is 13.8 Å². The molecule has 2 unspecified atom stereocenters. The Balaban J connectivity index is 1.99. The van der Waals surface area contributed by atoms with Crippen molar-refractivity contribution in [3.8, 4) is 0 Å². The van der Waals surface area contributed by atoms with E-state index in [0.29, 0.717) is 12.5 Å². The van der Waals surface area contributed by atoms with Crippen molar-refractivity contribution in [2.24, 2.45) is 11.8 Å². The van der Waals surface area contributed by atoms with Gasteiger partial charge in [-0.05, 0) is 43.9 Å². The molecule has 1 aliphatic rings. The van der Waals surface area contributed by atoms with E-state index >= 15 is 0 Å². The van der Waals surface area contributed by atoms with E-state index < -0.39 is 9.05 Å². The van der Waals surface area contributed by atoms with E-state index in [9.17, 15) is 8.42 Å². The third kappa shape index (κ3) is 8.87. The summed E-state index contributed by atoms with van der Waals surface area (Å²) in [5.74, 6) is 1.65. The zero-order valence-corrected chi connectivity index (χ0v) is 13.7. The zero-order chi connectivity index (χ0) is 14.3. The molecular formula is C14H27ClO3S. The van der Waals surface area contributed by atoms with E-state index in [0.717, 1.165) is 37.7 Å². The molecule has 0 spiro atoms. The lowest BCUT2D eigenvalue weighted by Crippen LogP contribution is -2.26. The Morgan fingerprint density at radius 1 is 1.00 bits per heavy atom. The van der Waals surface area contributed by atoms with Gasteiger partial charge in [0.15, 0.2) is 0 Å². The molecule has 114 valence electrons. The average Bonchev–Trinajstić information content (AvgIpc) is 2.25. The highest BCUT2D eigenvalue weighted by Crippen LogP contribution is 2.30. The van der Waals surface area contributed by atoms with Crippen LogP contribution in [0.2, 0.25) is 0 Å². The first-order valence-electron chi connectivity index (χ1n) is 7.40. The van der Waals surface area contributed by atoms with Crippen molar-refractivity contribution in [3.63, 3.8) is 0 Å². The molecule has 5 heteroatoms. The van der Waals surface area contributed by atoms with Crippen LogP contribution in [-0.4, -0.2) is 26.9 Å². The Hall–Kier alpha value is 0.200. The summed E-state index contributed by atoms with van der Waals surface area (Å²) in [6.45, 7) is 5.41. The molecule has 0 heterocycles. The molecule has 0 radical (unpaired) electrons. The van der Waals surface area contributed by atoms with E-state index in [4.69, 9.17) is 15.4 Å². The van der Waals surface area contributed by atoms with Crippen molar-refractivity contribution in [2.45, 2.75) is 64.9 Å². The second-order valence-corrected chi connectivity index (χ2v) is 8.96. The van der Waals surface area contributed by atoms with Crippen LogP contribution >= 0.6 is 10.7 Å². The Morgan fingerprint density at radius 3 is 2.16 bits per heavy atom. The summed E-state index contributed by atoms with van der Waals surface area (Å²) < 4.78 is 27.4. The van der Waals surface area contributed by atoms with Crippen molar-refractivity contribution in [1.29, 1.82) is 0 Å². The normalized spacial score (nSPS) is 28.5. The van der Waals surface area contributed by atoms with Gasteiger partial charge in [0.05, 0.1) is 11.9 Å². The molecule has 0 aromatic heterocycles. The fourth-order valence-corrected chi connectivity index (χ4v) is 3.87. The number of halogens is 1. The first kappa shape index (κ1) is 17.3. The van der Waals surface area contributed by atoms with Crippen LogP contribution in [0.3, 0.4) is 0 Å². The van der Waals surface area contributed by atoms with Crippen LogP contribution in [0.15, 0.2) is 0 Å². The van der Waals surface area contributed by atoms with E-state index in [-0.39, 0.29) is 5.75 Å². The van der Waals surface area contributed by atoms with Crippen LogP contribution in [0.4, 0.5) is 0 Å². The smallest absolute Gasteiger partial charge is 0.232 e. The summed E-state index contributed by atoms with van der Waals surface area (Å²) in [6, 6.07) is 0. The van der Waals surface area contributed by atoms with Crippen molar-refractivity contribution >= 4 is 19.7 Å². The summed E-state index contributed by atoms with van der Waals surface area (Å²) >= 11 is 0. The van der Waals surface area contributed by atoms with Gasteiger partial charge in [-0.3, -0.25) is 0 Å². The monoisotopic (exact) mass is 310 g/mol. The Labute approximate surface area is 122 Å². The van der Waals surface area contributed by atoms with Gasteiger partial charge < -0.3 is 4.74 Å². The minimum Gasteiger partial charge on any atom is -0.378 e. The average molecular weight is 311 g/mol. The van der Waals surface area contributed by atoms with Gasteiger partial charge in [-0.15, -0.1) is 0 Å². The Morgan fingerprint density at radius 2 is 1.58 bits per heavy atom. The maximum atomic E-state index is 10.7. The summed E-state index contributed by atoms with van der Waals surface area (Å²) in [7, 11) is 1.84. The fraction of sp³-hybridized carbons (Fsp3) is 1.00. The molecule has 19 heavy (non-hydrogen) atoms. The minimum absolute atomic E-state index is 0.0903. The standard InChI is InChI=1S/C14H27ClO3S/c1-12-9-13(2)11-14(10-12)18-7-5-3-4-6-8-19(15,16)17/h12-14H,3-11H2,1-2H3. The number of hydrogen-bond donors (Lipinski definition) is 0. The predicted octanol–water partition coefficient (Wildman–Crippen LogP) is 3.96. The lowest BCUT2D eigenvalue weighted by atomic mass is 9.82. The lowest BCUT2D eigenvalue weighted by Gasteiger charge is -2.31. The van der Waals surface area contributed by atoms with Crippen LogP contribution < -0.4 is 0 Å². The summed E-state index contributed by atoms with van der Waals surface area (Å²) in [4.78, 5) is 0. The van der Waals surface area contributed by atoms with Crippen LogP contribution in [0.1, 0.15) is 58.8 Å². The molecule has 1 rings (SSSR count). The number of unbranched alkanes of at least 4 members (excludes halogenated alkanes) is 3. The molecule has 2 atom stereocenters. The molecular weight excluding hydrogens is 284 g/mol. The molecule has 0 amide bonds. The fourth-order valence-electron chi connectivity index (χ4n) is 2.99.